The van der Waals surface area contributed by atoms with Crippen LogP contribution in [0.1, 0.15) is 60.8 Å². The first-order chi connectivity index (χ1) is 9.71. The van der Waals surface area contributed by atoms with Crippen LogP contribution >= 0.6 is 0 Å². The van der Waals surface area contributed by atoms with E-state index in [4.69, 9.17) is 4.74 Å². The van der Waals surface area contributed by atoms with Gasteiger partial charge in [0.15, 0.2) is 6.61 Å². The fourth-order valence-corrected chi connectivity index (χ4v) is 3.82. The predicted molar refractivity (Wildman–Crippen MR) is 78.5 cm³/mol. The first-order valence-corrected chi connectivity index (χ1v) is 7.80. The molecule has 2 saturated carbocycles. The fourth-order valence-electron chi connectivity index (χ4n) is 3.82. The molecule has 126 valence electrons. The van der Waals surface area contributed by atoms with Crippen molar-refractivity contribution in [3.05, 3.63) is 0 Å². The Balaban J connectivity index is 2.20. The van der Waals surface area contributed by atoms with E-state index in [2.05, 4.69) is 0 Å². The van der Waals surface area contributed by atoms with Gasteiger partial charge in [-0.3, -0.25) is 9.59 Å². The van der Waals surface area contributed by atoms with Crippen molar-refractivity contribution in [2.24, 2.45) is 21.7 Å². The summed E-state index contributed by atoms with van der Waals surface area (Å²) in [5.41, 5.74) is -3.35. The van der Waals surface area contributed by atoms with Crippen LogP contribution in [0.15, 0.2) is 0 Å². The number of carbonyl (C=O) groups excluding carboxylic acids is 2. The molecule has 2 bridgehead atoms. The monoisotopic (exact) mass is 316 g/mol. The zero-order valence-electron chi connectivity index (χ0n) is 14.3. The highest BCUT2D eigenvalue weighted by atomic mass is 19.3. The third kappa shape index (κ3) is 1.96. The zero-order valence-corrected chi connectivity index (χ0v) is 14.3. The van der Waals surface area contributed by atoms with Crippen LogP contribution in [0.4, 0.5) is 8.78 Å². The molecule has 2 atom stereocenters. The van der Waals surface area contributed by atoms with E-state index in [1.54, 1.807) is 0 Å². The van der Waals surface area contributed by atoms with E-state index in [1.807, 2.05) is 20.8 Å². The van der Waals surface area contributed by atoms with Crippen LogP contribution in [0.5, 0.6) is 0 Å². The molecular formula is C17H26F2O3. The molecule has 2 aliphatic carbocycles. The van der Waals surface area contributed by atoms with Crippen LogP contribution in [0.25, 0.3) is 0 Å². The molecule has 2 aliphatic rings. The van der Waals surface area contributed by atoms with E-state index >= 15 is 0 Å². The smallest absolute Gasteiger partial charge is 0.313 e. The average molecular weight is 316 g/mol. The van der Waals surface area contributed by atoms with Crippen molar-refractivity contribution in [2.75, 3.05) is 6.61 Å². The maximum absolute atomic E-state index is 14.0. The third-order valence-corrected chi connectivity index (χ3v) is 6.58. The molecule has 0 radical (unpaired) electrons. The van der Waals surface area contributed by atoms with Gasteiger partial charge in [-0.25, -0.2) is 8.78 Å². The molecule has 3 nitrogen and oxygen atoms in total. The van der Waals surface area contributed by atoms with Crippen molar-refractivity contribution in [2.45, 2.75) is 66.7 Å². The second-order valence-electron chi connectivity index (χ2n) is 8.67. The molecule has 0 spiro atoms. The predicted octanol–water partition coefficient (Wildman–Crippen LogP) is 4.00. The zero-order chi connectivity index (χ0) is 17.2. The van der Waals surface area contributed by atoms with E-state index in [0.29, 0.717) is 12.8 Å². The number of halogens is 2. The Morgan fingerprint density at radius 1 is 1.18 bits per heavy atom. The van der Waals surface area contributed by atoms with Gasteiger partial charge in [-0.05, 0) is 18.3 Å². The summed E-state index contributed by atoms with van der Waals surface area (Å²) in [7, 11) is 0. The Hall–Kier alpha value is -1.00. The SMILES string of the molecule is CC(C)(C)C(F)(F)COC(=O)C12CCC(C)(C(=O)C1)C2(C)C. The average Bonchev–Trinajstić information content (AvgIpc) is 2.65. The van der Waals surface area contributed by atoms with Gasteiger partial charge in [0.2, 0.25) is 0 Å². The minimum absolute atomic E-state index is 0.0447. The quantitative estimate of drug-likeness (QED) is 0.739. The molecule has 2 unspecified atom stereocenters. The summed E-state index contributed by atoms with van der Waals surface area (Å²) >= 11 is 0. The number of rotatable bonds is 3. The lowest BCUT2D eigenvalue weighted by atomic mass is 9.65. The van der Waals surface area contributed by atoms with Crippen LogP contribution in [0.2, 0.25) is 0 Å². The Bertz CT molecular complexity index is 518. The summed E-state index contributed by atoms with van der Waals surface area (Å²) in [4.78, 5) is 24.9. The second kappa shape index (κ2) is 4.51. The fraction of sp³-hybridized carbons (Fsp3) is 0.882. The molecule has 0 N–H and O–H groups in total. The van der Waals surface area contributed by atoms with E-state index in [-0.39, 0.29) is 12.2 Å². The van der Waals surface area contributed by atoms with Crippen LogP contribution in [-0.2, 0) is 14.3 Å². The van der Waals surface area contributed by atoms with Crippen molar-refractivity contribution in [3.63, 3.8) is 0 Å². The first-order valence-electron chi connectivity index (χ1n) is 7.80. The van der Waals surface area contributed by atoms with E-state index in [0.717, 1.165) is 0 Å². The lowest BCUT2D eigenvalue weighted by Gasteiger charge is -2.38. The van der Waals surface area contributed by atoms with Crippen LogP contribution in [0.3, 0.4) is 0 Å². The number of esters is 1. The number of carbonyl (C=O) groups is 2. The first kappa shape index (κ1) is 17.4. The topological polar surface area (TPSA) is 43.4 Å². The molecule has 0 heterocycles. The van der Waals surface area contributed by atoms with E-state index in [9.17, 15) is 18.4 Å². The van der Waals surface area contributed by atoms with Crippen molar-refractivity contribution >= 4 is 11.8 Å². The highest BCUT2D eigenvalue weighted by Gasteiger charge is 2.73. The lowest BCUT2D eigenvalue weighted by molar-refractivity contribution is -0.185. The number of ketones is 1. The Labute approximate surface area is 130 Å². The summed E-state index contributed by atoms with van der Waals surface area (Å²) in [6, 6.07) is 0. The Morgan fingerprint density at radius 2 is 1.73 bits per heavy atom. The largest absolute Gasteiger partial charge is 0.459 e. The van der Waals surface area contributed by atoms with Gasteiger partial charge >= 0.3 is 5.97 Å². The molecule has 2 fully saturated rings. The third-order valence-electron chi connectivity index (χ3n) is 6.58. The van der Waals surface area contributed by atoms with E-state index < -0.39 is 40.2 Å². The second-order valence-corrected chi connectivity index (χ2v) is 8.67. The van der Waals surface area contributed by atoms with Crippen LogP contribution in [0, 0.1) is 21.7 Å². The van der Waals surface area contributed by atoms with E-state index in [1.165, 1.54) is 20.8 Å². The van der Waals surface area contributed by atoms with Gasteiger partial charge < -0.3 is 4.74 Å². The van der Waals surface area contributed by atoms with Crippen molar-refractivity contribution in [1.29, 1.82) is 0 Å². The number of alkyl halides is 2. The summed E-state index contributed by atoms with van der Waals surface area (Å²) in [6.45, 7) is 8.94. The molecule has 0 aromatic rings. The highest BCUT2D eigenvalue weighted by Crippen LogP contribution is 2.70. The van der Waals surface area contributed by atoms with Crippen LogP contribution in [-0.4, -0.2) is 24.3 Å². The Kier molecular flexibility index (Phi) is 3.56. The molecule has 0 amide bonds. The van der Waals surface area contributed by atoms with Crippen LogP contribution < -0.4 is 0 Å². The number of hydrogen-bond donors (Lipinski definition) is 0. The maximum Gasteiger partial charge on any atom is 0.313 e. The Morgan fingerprint density at radius 3 is 2.09 bits per heavy atom. The molecular weight excluding hydrogens is 290 g/mol. The number of ether oxygens (including phenoxy) is 1. The maximum atomic E-state index is 14.0. The number of Topliss-reactive ketones (excluding diaryl/α,β-unsaturated/α-hetero) is 1. The summed E-state index contributed by atoms with van der Waals surface area (Å²) in [5.74, 6) is -3.70. The number of hydrogen-bond acceptors (Lipinski definition) is 3. The number of fused-ring (bicyclic) bond motifs is 2. The summed E-state index contributed by atoms with van der Waals surface area (Å²) in [5, 5.41) is 0. The minimum atomic E-state index is -3.10. The summed E-state index contributed by atoms with van der Waals surface area (Å²) in [6.07, 6.45) is 1.25. The lowest BCUT2D eigenvalue weighted by Crippen LogP contribution is -2.45. The van der Waals surface area contributed by atoms with Gasteiger partial charge in [-0.2, -0.15) is 0 Å². The van der Waals surface area contributed by atoms with Gasteiger partial charge in [-0.1, -0.05) is 41.5 Å². The highest BCUT2D eigenvalue weighted by molar-refractivity contribution is 5.98. The minimum Gasteiger partial charge on any atom is -0.459 e. The molecule has 5 heteroatoms. The normalized spacial score (nSPS) is 34.1. The van der Waals surface area contributed by atoms with Gasteiger partial charge in [0.25, 0.3) is 5.92 Å². The molecule has 0 saturated heterocycles. The van der Waals surface area contributed by atoms with Crippen molar-refractivity contribution in [3.8, 4) is 0 Å². The van der Waals surface area contributed by atoms with Gasteiger partial charge in [0.05, 0.1) is 5.41 Å². The molecule has 0 aliphatic heterocycles. The van der Waals surface area contributed by atoms with Gasteiger partial charge in [-0.15, -0.1) is 0 Å². The summed E-state index contributed by atoms with van der Waals surface area (Å²) < 4.78 is 33.1. The van der Waals surface area contributed by atoms with Gasteiger partial charge in [0, 0.05) is 17.3 Å². The van der Waals surface area contributed by atoms with Crippen molar-refractivity contribution in [1.82, 2.24) is 0 Å². The molecule has 0 aromatic heterocycles. The molecule has 0 aromatic carbocycles. The van der Waals surface area contributed by atoms with Crippen molar-refractivity contribution < 1.29 is 23.1 Å². The van der Waals surface area contributed by atoms with Gasteiger partial charge in [0.1, 0.15) is 5.78 Å². The standard InChI is InChI=1S/C17H26F2O3/c1-13(2,3)17(18,19)10-22-12(21)16-8-7-15(6,11(20)9-16)14(16,4)5/h7-10H2,1-6H3. The molecule has 22 heavy (non-hydrogen) atoms. The molecule has 2 rings (SSSR count).